The molecule has 1 rings (SSSR count). The van der Waals surface area contributed by atoms with Gasteiger partial charge in [0.15, 0.2) is 0 Å². The molecule has 82 valence electrons. The Morgan fingerprint density at radius 2 is 1.93 bits per heavy atom. The van der Waals surface area contributed by atoms with Crippen molar-refractivity contribution in [1.82, 2.24) is 0 Å². The number of ether oxygens (including phenoxy) is 1. The van der Waals surface area contributed by atoms with Gasteiger partial charge in [-0.3, -0.25) is 4.79 Å². The van der Waals surface area contributed by atoms with Crippen molar-refractivity contribution < 1.29 is 13.9 Å². The maximum absolute atomic E-state index is 12.5. The van der Waals surface area contributed by atoms with Gasteiger partial charge in [-0.2, -0.15) is 0 Å². The van der Waals surface area contributed by atoms with E-state index in [0.29, 0.717) is 18.8 Å². The van der Waals surface area contributed by atoms with Gasteiger partial charge in [-0.05, 0) is 24.3 Å². The van der Waals surface area contributed by atoms with Crippen LogP contribution in [0.3, 0.4) is 0 Å². The van der Waals surface area contributed by atoms with Crippen molar-refractivity contribution in [2.24, 2.45) is 5.92 Å². The molecule has 0 amide bonds. The molecule has 0 bridgehead atoms. The van der Waals surface area contributed by atoms with E-state index < -0.39 is 0 Å². The lowest BCUT2D eigenvalue weighted by atomic mass is 10.1. The zero-order chi connectivity index (χ0) is 11.3. The van der Waals surface area contributed by atoms with E-state index in [1.807, 2.05) is 13.8 Å². The van der Waals surface area contributed by atoms with Crippen LogP contribution in [0.5, 0.6) is 5.75 Å². The molecule has 1 aromatic rings. The van der Waals surface area contributed by atoms with E-state index in [9.17, 15) is 9.18 Å². The van der Waals surface area contributed by atoms with E-state index in [2.05, 4.69) is 0 Å². The number of halogens is 1. The summed E-state index contributed by atoms with van der Waals surface area (Å²) in [4.78, 5) is 11.2. The van der Waals surface area contributed by atoms with Crippen LogP contribution in [-0.2, 0) is 4.79 Å². The monoisotopic (exact) mass is 210 g/mol. The first-order valence-corrected chi connectivity index (χ1v) is 5.00. The van der Waals surface area contributed by atoms with E-state index in [4.69, 9.17) is 4.74 Å². The minimum Gasteiger partial charge on any atom is -0.493 e. The topological polar surface area (TPSA) is 26.3 Å². The van der Waals surface area contributed by atoms with Gasteiger partial charge in [-0.1, -0.05) is 13.8 Å². The van der Waals surface area contributed by atoms with Gasteiger partial charge in [-0.25, -0.2) is 4.39 Å². The fraction of sp³-hybridized carbons (Fsp3) is 0.417. The molecule has 0 aliphatic heterocycles. The molecule has 0 spiro atoms. The van der Waals surface area contributed by atoms with Gasteiger partial charge in [0, 0.05) is 12.3 Å². The van der Waals surface area contributed by atoms with Crippen molar-refractivity contribution in [3.05, 3.63) is 30.1 Å². The molecular weight excluding hydrogens is 195 g/mol. The fourth-order valence-corrected chi connectivity index (χ4v) is 1.09. The molecular formula is C12H15FO2. The molecule has 0 N–H and O–H groups in total. The summed E-state index contributed by atoms with van der Waals surface area (Å²) in [6.07, 6.45) is 0.398. The molecule has 1 aromatic carbocycles. The normalized spacial score (nSPS) is 10.4. The largest absolute Gasteiger partial charge is 0.493 e. The number of rotatable bonds is 5. The van der Waals surface area contributed by atoms with Gasteiger partial charge in [0.2, 0.25) is 0 Å². The first-order valence-electron chi connectivity index (χ1n) is 5.00. The smallest absolute Gasteiger partial charge is 0.138 e. The van der Waals surface area contributed by atoms with Crippen LogP contribution in [0.15, 0.2) is 24.3 Å². The number of carbonyl (C=O) groups is 1. The van der Waals surface area contributed by atoms with Gasteiger partial charge < -0.3 is 4.74 Å². The third kappa shape index (κ3) is 4.11. The number of hydrogen-bond donors (Lipinski definition) is 0. The fourth-order valence-electron chi connectivity index (χ4n) is 1.09. The maximum atomic E-state index is 12.5. The standard InChI is InChI=1S/C12H15FO2/c1-9(2)12(14)7-8-15-11-5-3-10(13)4-6-11/h3-6,9H,7-8H2,1-2H3. The van der Waals surface area contributed by atoms with E-state index >= 15 is 0 Å². The Bertz CT molecular complexity index is 317. The Kier molecular flexibility index (Phi) is 4.28. The molecule has 0 heterocycles. The van der Waals surface area contributed by atoms with E-state index in [1.54, 1.807) is 12.1 Å². The second kappa shape index (κ2) is 5.49. The Balaban J connectivity index is 2.32. The van der Waals surface area contributed by atoms with Crippen LogP contribution >= 0.6 is 0 Å². The van der Waals surface area contributed by atoms with Crippen molar-refractivity contribution >= 4 is 5.78 Å². The summed E-state index contributed by atoms with van der Waals surface area (Å²) in [5.74, 6) is 0.521. The second-order valence-electron chi connectivity index (χ2n) is 3.67. The lowest BCUT2D eigenvalue weighted by Crippen LogP contribution is -2.11. The molecule has 0 saturated carbocycles. The lowest BCUT2D eigenvalue weighted by Gasteiger charge is -2.06. The minimum atomic E-state index is -0.291. The van der Waals surface area contributed by atoms with Gasteiger partial charge in [0.1, 0.15) is 17.3 Å². The van der Waals surface area contributed by atoms with Crippen LogP contribution in [0.25, 0.3) is 0 Å². The summed E-state index contributed by atoms with van der Waals surface area (Å²) in [5.41, 5.74) is 0. The van der Waals surface area contributed by atoms with E-state index in [1.165, 1.54) is 12.1 Å². The van der Waals surface area contributed by atoms with Gasteiger partial charge >= 0.3 is 0 Å². The minimum absolute atomic E-state index is 0.0433. The zero-order valence-corrected chi connectivity index (χ0v) is 9.00. The van der Waals surface area contributed by atoms with Crippen molar-refractivity contribution in [3.63, 3.8) is 0 Å². The van der Waals surface area contributed by atoms with Gasteiger partial charge in [0.05, 0.1) is 6.61 Å². The van der Waals surface area contributed by atoms with Crippen LogP contribution in [0.2, 0.25) is 0 Å². The van der Waals surface area contributed by atoms with Crippen LogP contribution in [-0.4, -0.2) is 12.4 Å². The highest BCUT2D eigenvalue weighted by atomic mass is 19.1. The molecule has 0 fully saturated rings. The summed E-state index contributed by atoms with van der Waals surface area (Å²) in [5, 5.41) is 0. The molecule has 0 aromatic heterocycles. The van der Waals surface area contributed by atoms with E-state index in [-0.39, 0.29) is 17.5 Å². The molecule has 0 radical (unpaired) electrons. The first kappa shape index (κ1) is 11.7. The van der Waals surface area contributed by atoms with Crippen LogP contribution in [0, 0.1) is 11.7 Å². The highest BCUT2D eigenvalue weighted by molar-refractivity contribution is 5.80. The molecule has 0 aliphatic carbocycles. The first-order chi connectivity index (χ1) is 7.09. The summed E-state index contributed by atoms with van der Waals surface area (Å²) >= 11 is 0. The number of hydrogen-bond acceptors (Lipinski definition) is 2. The van der Waals surface area contributed by atoms with Crippen molar-refractivity contribution in [3.8, 4) is 5.75 Å². The highest BCUT2D eigenvalue weighted by Gasteiger charge is 2.06. The Morgan fingerprint density at radius 3 is 2.47 bits per heavy atom. The van der Waals surface area contributed by atoms with E-state index in [0.717, 1.165) is 0 Å². The lowest BCUT2D eigenvalue weighted by molar-refractivity contribution is -0.122. The molecule has 0 unspecified atom stereocenters. The van der Waals surface area contributed by atoms with Gasteiger partial charge in [0.25, 0.3) is 0 Å². The Hall–Kier alpha value is -1.38. The Morgan fingerprint density at radius 1 is 1.33 bits per heavy atom. The highest BCUT2D eigenvalue weighted by Crippen LogP contribution is 2.11. The summed E-state index contributed by atoms with van der Waals surface area (Å²) in [6.45, 7) is 4.07. The number of ketones is 1. The summed E-state index contributed by atoms with van der Waals surface area (Å²) in [7, 11) is 0. The van der Waals surface area contributed by atoms with Crippen LogP contribution < -0.4 is 4.74 Å². The number of carbonyl (C=O) groups excluding carboxylic acids is 1. The van der Waals surface area contributed by atoms with Crippen LogP contribution in [0.1, 0.15) is 20.3 Å². The molecule has 2 nitrogen and oxygen atoms in total. The predicted molar refractivity (Wildman–Crippen MR) is 56.4 cm³/mol. The predicted octanol–water partition coefficient (Wildman–Crippen LogP) is 2.82. The SMILES string of the molecule is CC(C)C(=O)CCOc1ccc(F)cc1. The average Bonchev–Trinajstić information content (AvgIpc) is 2.20. The van der Waals surface area contributed by atoms with Gasteiger partial charge in [-0.15, -0.1) is 0 Å². The number of benzene rings is 1. The summed E-state index contributed by atoms with van der Waals surface area (Å²) < 4.78 is 17.8. The number of Topliss-reactive ketones (excluding diaryl/α,β-unsaturated/α-hetero) is 1. The van der Waals surface area contributed by atoms with Crippen molar-refractivity contribution in [2.75, 3.05) is 6.61 Å². The maximum Gasteiger partial charge on any atom is 0.138 e. The molecule has 0 aliphatic rings. The third-order valence-electron chi connectivity index (χ3n) is 2.07. The molecule has 0 saturated heterocycles. The molecule has 3 heteroatoms. The molecule has 15 heavy (non-hydrogen) atoms. The summed E-state index contributed by atoms with van der Waals surface area (Å²) in [6, 6.07) is 5.77. The quantitative estimate of drug-likeness (QED) is 0.747. The third-order valence-corrected chi connectivity index (χ3v) is 2.07. The molecule has 0 atom stereocenters. The van der Waals surface area contributed by atoms with Crippen molar-refractivity contribution in [2.45, 2.75) is 20.3 Å². The van der Waals surface area contributed by atoms with Crippen LogP contribution in [0.4, 0.5) is 4.39 Å². The zero-order valence-electron chi connectivity index (χ0n) is 9.00. The second-order valence-corrected chi connectivity index (χ2v) is 3.67. The Labute approximate surface area is 89.1 Å². The average molecular weight is 210 g/mol. The van der Waals surface area contributed by atoms with Crippen molar-refractivity contribution in [1.29, 1.82) is 0 Å².